The Morgan fingerprint density at radius 1 is 0.410 bits per heavy atom. The molecule has 0 radical (unpaired) electrons. The third-order valence-electron chi connectivity index (χ3n) is 14.3. The van der Waals surface area contributed by atoms with Crippen LogP contribution >= 0.6 is 0 Å². The van der Waals surface area contributed by atoms with Gasteiger partial charge in [-0.05, 0) is 70.8 Å². The van der Waals surface area contributed by atoms with Crippen LogP contribution in [0.1, 0.15) is 34.1 Å². The van der Waals surface area contributed by atoms with Gasteiger partial charge in [-0.25, -0.2) is 9.59 Å². The zero-order valence-electron chi connectivity index (χ0n) is 43.4. The van der Waals surface area contributed by atoms with Crippen molar-refractivity contribution in [3.8, 4) is 11.5 Å². The number of aromatic nitrogens is 2. The summed E-state index contributed by atoms with van der Waals surface area (Å²) in [5, 5.41) is 1.63. The largest absolute Gasteiger partial charge is 0.489 e. The molecule has 6 aromatic carbocycles. The molecule has 2 saturated heterocycles. The maximum Gasteiger partial charge on any atom is 0.331 e. The molecule has 8 aromatic rings. The van der Waals surface area contributed by atoms with E-state index in [-0.39, 0.29) is 25.0 Å². The van der Waals surface area contributed by atoms with Crippen LogP contribution in [0, 0.1) is 0 Å². The van der Waals surface area contributed by atoms with Gasteiger partial charge in [0.05, 0.1) is 22.9 Å². The highest BCUT2D eigenvalue weighted by Gasteiger charge is 2.33. The smallest absolute Gasteiger partial charge is 0.331 e. The molecular formula is C64H62N6O8. The van der Waals surface area contributed by atoms with Crippen molar-refractivity contribution in [1.29, 1.82) is 0 Å². The summed E-state index contributed by atoms with van der Waals surface area (Å²) in [5.41, 5.74) is 5.27. The predicted molar refractivity (Wildman–Crippen MR) is 299 cm³/mol. The molecule has 0 saturated carbocycles. The first-order valence-corrected chi connectivity index (χ1v) is 26.6. The Hall–Kier alpha value is -8.72. The molecule has 0 spiro atoms. The summed E-state index contributed by atoms with van der Waals surface area (Å²) >= 11 is 0. The highest BCUT2D eigenvalue weighted by atomic mass is 16.6. The van der Waals surface area contributed by atoms with Gasteiger partial charge >= 0.3 is 11.9 Å². The average Bonchev–Trinajstić information content (AvgIpc) is 3.49. The normalized spacial score (nSPS) is 15.1. The van der Waals surface area contributed by atoms with Crippen LogP contribution in [0.4, 0.5) is 0 Å². The number of hydrogen-bond donors (Lipinski definition) is 0. The highest BCUT2D eigenvalue weighted by Crippen LogP contribution is 2.30. The number of amides is 2. The summed E-state index contributed by atoms with van der Waals surface area (Å²) in [5.74, 6) is -1.12. The third-order valence-corrected chi connectivity index (χ3v) is 14.3. The molecule has 2 aromatic heterocycles. The number of hydrogen-bond acceptors (Lipinski definition) is 12. The Morgan fingerprint density at radius 3 is 1.10 bits per heavy atom. The molecular weight excluding hydrogens is 981 g/mol. The van der Waals surface area contributed by atoms with Crippen LogP contribution in [0.5, 0.6) is 11.5 Å². The summed E-state index contributed by atoms with van der Waals surface area (Å²) in [6.07, 6.45) is 4.08. The maximum atomic E-state index is 14.3. The fourth-order valence-electron chi connectivity index (χ4n) is 10.3. The molecule has 14 heteroatoms. The molecule has 2 aliphatic rings. The lowest BCUT2D eigenvalue weighted by atomic mass is 9.90. The van der Waals surface area contributed by atoms with Gasteiger partial charge in [-0.2, -0.15) is 0 Å². The van der Waals surface area contributed by atoms with Crippen LogP contribution in [0.15, 0.2) is 207 Å². The monoisotopic (exact) mass is 1040 g/mol. The Labute approximate surface area is 454 Å². The second kappa shape index (κ2) is 25.9. The van der Waals surface area contributed by atoms with Crippen molar-refractivity contribution >= 4 is 45.6 Å². The third kappa shape index (κ3) is 13.4. The minimum Gasteiger partial charge on any atom is -0.489 e. The number of carbonyl (C=O) groups is 4. The standard InChI is InChI=1S/C64H62N6O8/c71-59(77-51(45-75-57-29-13-27-55-53(57)25-15-33-65-55)43-67-35-39-69(40-36-67)63(73)61(47-17-5-1-6-18-47)48-19-7-2-8-20-48)31-32-60(72)78-52(46-76-58-30-14-28-56-54(58)26-16-34-66-56)44-68-37-41-70(42-38-68)64(74)62(49-21-9-3-10-22-49)50-23-11-4-12-24-50/h1-34,51-52,61-62H,35-46H2/b32-31+. The van der Waals surface area contributed by atoms with E-state index >= 15 is 0 Å². The van der Waals surface area contributed by atoms with E-state index in [0.29, 0.717) is 76.9 Å². The second-order valence-corrected chi connectivity index (χ2v) is 19.5. The average molecular weight is 1040 g/mol. The Balaban J connectivity index is 0.798. The van der Waals surface area contributed by atoms with Crippen molar-refractivity contribution in [3.05, 3.63) is 229 Å². The number of fused-ring (bicyclic) bond motifs is 2. The van der Waals surface area contributed by atoms with Crippen LogP contribution in [0.3, 0.4) is 0 Å². The minimum atomic E-state index is -0.758. The highest BCUT2D eigenvalue weighted by molar-refractivity contribution is 5.92. The fraction of sp³-hybridized carbons (Fsp3) is 0.250. The number of benzene rings is 6. The quantitative estimate of drug-likeness (QED) is 0.0533. The number of nitrogens with zero attached hydrogens (tertiary/aromatic N) is 6. The number of carbonyl (C=O) groups excluding carboxylic acids is 4. The number of esters is 2. The lowest BCUT2D eigenvalue weighted by molar-refractivity contribution is -0.149. The predicted octanol–water partition coefficient (Wildman–Crippen LogP) is 8.57. The van der Waals surface area contributed by atoms with Crippen molar-refractivity contribution in [2.75, 3.05) is 78.7 Å². The van der Waals surface area contributed by atoms with Crippen LogP contribution in [0.2, 0.25) is 0 Å². The summed E-state index contributed by atoms with van der Waals surface area (Å²) in [6, 6.07) is 58.1. The summed E-state index contributed by atoms with van der Waals surface area (Å²) in [7, 11) is 0. The first kappa shape index (κ1) is 52.7. The van der Waals surface area contributed by atoms with Crippen molar-refractivity contribution < 1.29 is 38.1 Å². The maximum absolute atomic E-state index is 14.3. The van der Waals surface area contributed by atoms with E-state index in [4.69, 9.17) is 18.9 Å². The second-order valence-electron chi connectivity index (χ2n) is 19.5. The number of rotatable bonds is 20. The Bertz CT molecular complexity index is 2990. The molecule has 0 N–H and O–H groups in total. The van der Waals surface area contributed by atoms with E-state index in [1.54, 1.807) is 12.4 Å². The molecule has 396 valence electrons. The van der Waals surface area contributed by atoms with Crippen LogP contribution in [0.25, 0.3) is 21.8 Å². The summed E-state index contributed by atoms with van der Waals surface area (Å²) in [4.78, 5) is 73.1. The van der Waals surface area contributed by atoms with Crippen LogP contribution < -0.4 is 9.47 Å². The lowest BCUT2D eigenvalue weighted by Gasteiger charge is -2.37. The van der Waals surface area contributed by atoms with Crippen molar-refractivity contribution in [2.45, 2.75) is 24.0 Å². The zero-order valence-corrected chi connectivity index (χ0v) is 43.4. The SMILES string of the molecule is O=C(/C=C/C(=O)OC(COc1cccc2ncccc12)CN1CCN(C(=O)C(c2ccccc2)c2ccccc2)CC1)OC(COc1cccc2ncccc12)CN1CCN(C(=O)C(c2ccccc2)c2ccccc2)CC1. The van der Waals surface area contributed by atoms with Gasteiger partial charge in [-0.1, -0.05) is 133 Å². The molecule has 2 unspecified atom stereocenters. The van der Waals surface area contributed by atoms with Gasteiger partial charge in [-0.15, -0.1) is 0 Å². The number of ether oxygens (including phenoxy) is 4. The van der Waals surface area contributed by atoms with E-state index < -0.39 is 36.0 Å². The molecule has 2 fully saturated rings. The van der Waals surface area contributed by atoms with E-state index in [1.165, 1.54) is 0 Å². The van der Waals surface area contributed by atoms with E-state index in [2.05, 4.69) is 19.8 Å². The fourth-order valence-corrected chi connectivity index (χ4v) is 10.3. The van der Waals surface area contributed by atoms with Gasteiger partial charge in [0.2, 0.25) is 11.8 Å². The van der Waals surface area contributed by atoms with Crippen LogP contribution in [-0.2, 0) is 28.7 Å². The van der Waals surface area contributed by atoms with E-state index in [9.17, 15) is 19.2 Å². The number of piperazine rings is 2. The van der Waals surface area contributed by atoms with Crippen LogP contribution in [-0.4, -0.2) is 144 Å². The van der Waals surface area contributed by atoms with Crippen molar-refractivity contribution in [2.24, 2.45) is 0 Å². The summed E-state index contributed by atoms with van der Waals surface area (Å²) in [6.45, 7) is 4.77. The Kier molecular flexibility index (Phi) is 17.5. The first-order valence-electron chi connectivity index (χ1n) is 26.6. The van der Waals surface area contributed by atoms with Gasteiger partial charge < -0.3 is 28.7 Å². The minimum absolute atomic E-state index is 0.0163. The number of pyridine rings is 2. The molecule has 14 nitrogen and oxygen atoms in total. The molecule has 78 heavy (non-hydrogen) atoms. The molecule has 0 aliphatic carbocycles. The molecule has 10 rings (SSSR count). The lowest BCUT2D eigenvalue weighted by Crippen LogP contribution is -2.52. The van der Waals surface area contributed by atoms with Crippen molar-refractivity contribution in [3.63, 3.8) is 0 Å². The zero-order chi connectivity index (χ0) is 53.5. The van der Waals surface area contributed by atoms with E-state index in [0.717, 1.165) is 56.2 Å². The molecule has 4 heterocycles. The van der Waals surface area contributed by atoms with Gasteiger partial charge in [0.15, 0.2) is 0 Å². The molecule has 0 bridgehead atoms. The van der Waals surface area contributed by atoms with Gasteiger partial charge in [0.25, 0.3) is 0 Å². The first-order chi connectivity index (χ1) is 38.3. The Morgan fingerprint density at radius 2 is 0.756 bits per heavy atom. The van der Waals surface area contributed by atoms with Crippen molar-refractivity contribution in [1.82, 2.24) is 29.6 Å². The molecule has 2 aliphatic heterocycles. The van der Waals surface area contributed by atoms with Gasteiger partial charge in [0.1, 0.15) is 36.9 Å². The topological polar surface area (TPSA) is 144 Å². The van der Waals surface area contributed by atoms with Gasteiger partial charge in [-0.3, -0.25) is 29.4 Å². The summed E-state index contributed by atoms with van der Waals surface area (Å²) < 4.78 is 24.9. The molecule has 2 atom stereocenters. The van der Waals surface area contributed by atoms with E-state index in [1.807, 2.05) is 192 Å². The van der Waals surface area contributed by atoms with Gasteiger partial charge in [0, 0.05) is 101 Å². The molecule has 2 amide bonds.